The quantitative estimate of drug-likeness (QED) is 0.870. The molecule has 1 atom stereocenters. The van der Waals surface area contributed by atoms with Gasteiger partial charge in [-0.3, -0.25) is 4.79 Å². The third kappa shape index (κ3) is 2.71. The van der Waals surface area contributed by atoms with E-state index in [0.29, 0.717) is 0 Å². The van der Waals surface area contributed by atoms with Gasteiger partial charge in [0.2, 0.25) is 5.56 Å². The zero-order valence-electron chi connectivity index (χ0n) is 10.4. The number of hydrogen-bond donors (Lipinski definition) is 2. The van der Waals surface area contributed by atoms with E-state index >= 15 is 0 Å². The van der Waals surface area contributed by atoms with Gasteiger partial charge in [-0.15, -0.1) is 0 Å². The number of phenols is 1. The van der Waals surface area contributed by atoms with Crippen LogP contribution < -0.4 is 10.9 Å². The minimum Gasteiger partial charge on any atom is -0.508 e. The summed E-state index contributed by atoms with van der Waals surface area (Å²) >= 11 is 0. The van der Waals surface area contributed by atoms with Crippen LogP contribution in [-0.2, 0) is 7.05 Å². The lowest BCUT2D eigenvalue weighted by molar-refractivity contribution is 0.475. The number of benzene rings is 1. The van der Waals surface area contributed by atoms with Crippen LogP contribution in [0.25, 0.3) is 0 Å². The highest BCUT2D eigenvalue weighted by Gasteiger charge is 2.05. The van der Waals surface area contributed by atoms with E-state index in [4.69, 9.17) is 0 Å². The van der Waals surface area contributed by atoms with Gasteiger partial charge in [0.1, 0.15) is 5.75 Å². The molecular formula is C14H16N2O2. The minimum atomic E-state index is -0.0298. The highest BCUT2D eigenvalue weighted by Crippen LogP contribution is 2.20. The van der Waals surface area contributed by atoms with Crippen LogP contribution in [0.4, 0.5) is 5.69 Å². The molecule has 0 bridgehead atoms. The van der Waals surface area contributed by atoms with Gasteiger partial charge in [0.25, 0.3) is 0 Å². The van der Waals surface area contributed by atoms with Gasteiger partial charge in [-0.1, -0.05) is 12.1 Å². The zero-order chi connectivity index (χ0) is 13.1. The van der Waals surface area contributed by atoms with Gasteiger partial charge < -0.3 is 15.0 Å². The van der Waals surface area contributed by atoms with E-state index in [0.717, 1.165) is 11.3 Å². The van der Waals surface area contributed by atoms with E-state index in [9.17, 15) is 9.90 Å². The number of nitrogens with zero attached hydrogens (tertiary/aromatic N) is 1. The molecule has 1 unspecified atom stereocenters. The van der Waals surface area contributed by atoms with E-state index in [1.807, 2.05) is 19.1 Å². The molecule has 1 heterocycles. The first-order valence-corrected chi connectivity index (χ1v) is 5.78. The van der Waals surface area contributed by atoms with Gasteiger partial charge in [0, 0.05) is 25.4 Å². The molecule has 4 nitrogen and oxygen atoms in total. The smallest absolute Gasteiger partial charge is 0.250 e. The fourth-order valence-electron chi connectivity index (χ4n) is 1.78. The van der Waals surface area contributed by atoms with Crippen molar-refractivity contribution >= 4 is 5.69 Å². The molecule has 0 saturated carbocycles. The molecule has 2 rings (SSSR count). The number of rotatable bonds is 3. The number of aromatic nitrogens is 1. The zero-order valence-corrected chi connectivity index (χ0v) is 10.4. The lowest BCUT2D eigenvalue weighted by atomic mass is 10.1. The molecule has 2 aromatic rings. The molecule has 4 heteroatoms. The Hall–Kier alpha value is -2.23. The van der Waals surface area contributed by atoms with Crippen LogP contribution in [0.15, 0.2) is 47.4 Å². The first-order chi connectivity index (χ1) is 8.56. The average molecular weight is 244 g/mol. The summed E-state index contributed by atoms with van der Waals surface area (Å²) in [5.41, 5.74) is 1.93. The molecule has 1 aromatic carbocycles. The Bertz CT molecular complexity index is 587. The number of phenolic OH excluding ortho intramolecular Hbond substituents is 1. The number of pyridine rings is 1. The standard InChI is InChI=1S/C14H16N2O2/c1-10(11-3-6-13(17)7-4-11)15-12-5-8-14(18)16(2)9-12/h3-10,15,17H,1-2H3. The summed E-state index contributed by atoms with van der Waals surface area (Å²) in [5.74, 6) is 0.257. The SMILES string of the molecule is CC(Nc1ccc(=O)n(C)c1)c1ccc(O)cc1. The molecule has 94 valence electrons. The van der Waals surface area contributed by atoms with E-state index in [1.165, 1.54) is 10.6 Å². The van der Waals surface area contributed by atoms with Crippen molar-refractivity contribution < 1.29 is 5.11 Å². The van der Waals surface area contributed by atoms with Crippen LogP contribution in [0.1, 0.15) is 18.5 Å². The normalized spacial score (nSPS) is 12.1. The highest BCUT2D eigenvalue weighted by molar-refractivity contribution is 5.43. The van der Waals surface area contributed by atoms with Crippen LogP contribution in [0.2, 0.25) is 0 Å². The lowest BCUT2D eigenvalue weighted by Crippen LogP contribution is -2.16. The maximum atomic E-state index is 11.3. The maximum Gasteiger partial charge on any atom is 0.250 e. The van der Waals surface area contributed by atoms with Crippen molar-refractivity contribution in [2.24, 2.45) is 7.05 Å². The predicted octanol–water partition coefficient (Wildman–Crippen LogP) is 2.26. The summed E-state index contributed by atoms with van der Waals surface area (Å²) in [4.78, 5) is 11.3. The molecule has 0 radical (unpaired) electrons. The summed E-state index contributed by atoms with van der Waals surface area (Å²) in [6, 6.07) is 10.5. The van der Waals surface area contributed by atoms with Crippen molar-refractivity contribution in [2.45, 2.75) is 13.0 Å². The molecule has 0 aliphatic carbocycles. The van der Waals surface area contributed by atoms with E-state index in [1.54, 1.807) is 31.4 Å². The van der Waals surface area contributed by atoms with Crippen LogP contribution >= 0.6 is 0 Å². The molecule has 18 heavy (non-hydrogen) atoms. The topological polar surface area (TPSA) is 54.3 Å². The molecule has 0 saturated heterocycles. The third-order valence-electron chi connectivity index (χ3n) is 2.86. The van der Waals surface area contributed by atoms with Crippen LogP contribution in [0, 0.1) is 0 Å². The Balaban J connectivity index is 2.15. The van der Waals surface area contributed by atoms with Gasteiger partial charge in [-0.2, -0.15) is 0 Å². The minimum absolute atomic E-state index is 0.0298. The van der Waals surface area contributed by atoms with Crippen LogP contribution in [-0.4, -0.2) is 9.67 Å². The number of anilines is 1. The summed E-state index contributed by atoms with van der Waals surface area (Å²) in [6.07, 6.45) is 1.76. The van der Waals surface area contributed by atoms with Crippen molar-refractivity contribution in [3.63, 3.8) is 0 Å². The molecule has 2 N–H and O–H groups in total. The second-order valence-electron chi connectivity index (χ2n) is 4.32. The monoisotopic (exact) mass is 244 g/mol. The van der Waals surface area contributed by atoms with Crippen molar-refractivity contribution in [3.05, 3.63) is 58.5 Å². The largest absolute Gasteiger partial charge is 0.508 e. The summed E-state index contributed by atoms with van der Waals surface area (Å²) < 4.78 is 1.53. The van der Waals surface area contributed by atoms with E-state index < -0.39 is 0 Å². The molecule has 0 spiro atoms. The lowest BCUT2D eigenvalue weighted by Gasteiger charge is -2.16. The predicted molar refractivity (Wildman–Crippen MR) is 71.8 cm³/mol. The third-order valence-corrected chi connectivity index (χ3v) is 2.86. The van der Waals surface area contributed by atoms with Gasteiger partial charge in [-0.05, 0) is 30.7 Å². The molecule has 0 amide bonds. The van der Waals surface area contributed by atoms with Crippen LogP contribution in [0.5, 0.6) is 5.75 Å². The van der Waals surface area contributed by atoms with Gasteiger partial charge in [-0.25, -0.2) is 0 Å². The number of nitrogens with one attached hydrogen (secondary N) is 1. The molecule has 1 aromatic heterocycles. The number of aryl methyl sites for hydroxylation is 1. The summed E-state index contributed by atoms with van der Waals surface area (Å²) in [7, 11) is 1.72. The maximum absolute atomic E-state index is 11.3. The Kier molecular flexibility index (Phi) is 3.37. The van der Waals surface area contributed by atoms with Gasteiger partial charge in [0.15, 0.2) is 0 Å². The first-order valence-electron chi connectivity index (χ1n) is 5.78. The fraction of sp³-hybridized carbons (Fsp3) is 0.214. The highest BCUT2D eigenvalue weighted by atomic mass is 16.3. The number of hydrogen-bond acceptors (Lipinski definition) is 3. The molecule has 0 fully saturated rings. The van der Waals surface area contributed by atoms with Gasteiger partial charge in [0.05, 0.1) is 5.69 Å². The Morgan fingerprint density at radius 3 is 2.44 bits per heavy atom. The van der Waals surface area contributed by atoms with Crippen molar-refractivity contribution in [3.8, 4) is 5.75 Å². The van der Waals surface area contributed by atoms with Crippen molar-refractivity contribution in [1.82, 2.24) is 4.57 Å². The second-order valence-corrected chi connectivity index (χ2v) is 4.32. The molecule has 0 aliphatic heterocycles. The average Bonchev–Trinajstić information content (AvgIpc) is 2.34. The Morgan fingerprint density at radius 1 is 1.17 bits per heavy atom. The van der Waals surface area contributed by atoms with Crippen LogP contribution in [0.3, 0.4) is 0 Å². The fourth-order valence-corrected chi connectivity index (χ4v) is 1.78. The molecule has 0 aliphatic rings. The summed E-state index contributed by atoms with van der Waals surface area (Å²) in [5, 5.41) is 12.5. The Labute approximate surface area is 106 Å². The molecular weight excluding hydrogens is 228 g/mol. The van der Waals surface area contributed by atoms with Gasteiger partial charge >= 0.3 is 0 Å². The second kappa shape index (κ2) is 4.96. The van der Waals surface area contributed by atoms with E-state index in [2.05, 4.69) is 5.32 Å². The number of aromatic hydroxyl groups is 1. The summed E-state index contributed by atoms with van der Waals surface area (Å²) in [6.45, 7) is 2.03. The Morgan fingerprint density at radius 2 is 1.83 bits per heavy atom. The van der Waals surface area contributed by atoms with E-state index in [-0.39, 0.29) is 17.4 Å². The van der Waals surface area contributed by atoms with Crippen molar-refractivity contribution in [1.29, 1.82) is 0 Å². The van der Waals surface area contributed by atoms with Crippen molar-refractivity contribution in [2.75, 3.05) is 5.32 Å². The first kappa shape index (κ1) is 12.2.